The van der Waals surface area contributed by atoms with Gasteiger partial charge in [-0.3, -0.25) is 0 Å². The second kappa shape index (κ2) is 3.87. The van der Waals surface area contributed by atoms with Crippen LogP contribution in [0.1, 0.15) is 0 Å². The fraction of sp³-hybridized carbons (Fsp3) is 0. The van der Waals surface area contributed by atoms with E-state index in [-0.39, 0.29) is 16.4 Å². The third-order valence-corrected chi connectivity index (χ3v) is 2.72. The highest BCUT2D eigenvalue weighted by Crippen LogP contribution is 2.11. The highest BCUT2D eigenvalue weighted by Gasteiger charge is 2.27. The number of rotatable bonds is 2. The first-order chi connectivity index (χ1) is 7.11. The van der Waals surface area contributed by atoms with Gasteiger partial charge in [-0.05, 0) is 23.1 Å². The van der Waals surface area contributed by atoms with Crippen molar-refractivity contribution in [3.05, 3.63) is 12.1 Å². The summed E-state index contributed by atoms with van der Waals surface area (Å²) in [5.41, 5.74) is 0.280. The van der Waals surface area contributed by atoms with Gasteiger partial charge in [0, 0.05) is 5.46 Å². The Morgan fingerprint density at radius 3 is 2.40 bits per heavy atom. The van der Waals surface area contributed by atoms with Crippen LogP contribution in [0, 0.1) is 0 Å². The molecule has 2 rings (SSSR count). The molecule has 0 aliphatic rings. The number of benzene rings is 1. The Hall–Kier alpha value is -0.990. The second-order valence-electron chi connectivity index (χ2n) is 2.94. The number of hydrogen-bond acceptors (Lipinski definition) is 7. The van der Waals surface area contributed by atoms with Gasteiger partial charge in [-0.1, -0.05) is 10.6 Å². The van der Waals surface area contributed by atoms with Gasteiger partial charge in [-0.25, -0.2) is 0 Å². The van der Waals surface area contributed by atoms with Crippen molar-refractivity contribution in [2.45, 2.75) is 0 Å². The second-order valence-corrected chi connectivity index (χ2v) is 3.72. The minimum atomic E-state index is -1.81. The van der Waals surface area contributed by atoms with E-state index in [4.69, 9.17) is 20.1 Å². The Balaban J connectivity index is 2.75. The van der Waals surface area contributed by atoms with Gasteiger partial charge in [0.25, 0.3) is 0 Å². The Labute approximate surface area is 89.3 Å². The SMILES string of the molecule is OB(O)c1ccc2snnc2c1B(O)O. The fourth-order valence-corrected chi connectivity index (χ4v) is 1.96. The smallest absolute Gasteiger partial charge is 0.423 e. The van der Waals surface area contributed by atoms with Crippen LogP contribution in [-0.4, -0.2) is 43.9 Å². The van der Waals surface area contributed by atoms with Gasteiger partial charge < -0.3 is 20.1 Å². The Morgan fingerprint density at radius 2 is 1.80 bits per heavy atom. The Kier molecular flexibility index (Phi) is 2.72. The summed E-state index contributed by atoms with van der Waals surface area (Å²) in [6, 6.07) is 3.00. The molecule has 0 saturated carbocycles. The summed E-state index contributed by atoms with van der Waals surface area (Å²) in [6.45, 7) is 0. The third-order valence-electron chi connectivity index (χ3n) is 2.03. The summed E-state index contributed by atoms with van der Waals surface area (Å²) < 4.78 is 4.31. The molecule has 0 amide bonds. The van der Waals surface area contributed by atoms with E-state index in [1.54, 1.807) is 6.07 Å². The summed E-state index contributed by atoms with van der Waals surface area (Å²) in [5.74, 6) is 0. The van der Waals surface area contributed by atoms with E-state index < -0.39 is 14.2 Å². The lowest BCUT2D eigenvalue weighted by Crippen LogP contribution is -2.49. The molecule has 4 N–H and O–H groups in total. The Bertz CT molecular complexity index is 489. The normalized spacial score (nSPS) is 10.7. The van der Waals surface area contributed by atoms with E-state index in [0.29, 0.717) is 4.70 Å². The summed E-state index contributed by atoms with van der Waals surface area (Å²) in [5, 5.41) is 40.1. The molecule has 0 unspecified atom stereocenters. The van der Waals surface area contributed by atoms with Crippen LogP contribution in [0.2, 0.25) is 0 Å². The highest BCUT2D eigenvalue weighted by atomic mass is 32.1. The first kappa shape index (κ1) is 10.5. The lowest BCUT2D eigenvalue weighted by atomic mass is 9.65. The topological polar surface area (TPSA) is 107 Å². The average molecular weight is 224 g/mol. The van der Waals surface area contributed by atoms with Gasteiger partial charge in [-0.15, -0.1) is 5.10 Å². The molecule has 0 spiro atoms. The lowest BCUT2D eigenvalue weighted by molar-refractivity contribution is 0.419. The first-order valence-corrected chi connectivity index (χ1v) is 4.85. The molecule has 76 valence electrons. The number of nitrogens with zero attached hydrogens (tertiary/aromatic N) is 2. The van der Waals surface area contributed by atoms with Crippen LogP contribution in [0.15, 0.2) is 12.1 Å². The van der Waals surface area contributed by atoms with Crippen molar-refractivity contribution >= 4 is 46.9 Å². The predicted octanol–water partition coefficient (Wildman–Crippen LogP) is -2.95. The van der Waals surface area contributed by atoms with E-state index in [0.717, 1.165) is 11.5 Å². The van der Waals surface area contributed by atoms with E-state index in [1.165, 1.54) is 6.07 Å². The molecule has 0 aliphatic carbocycles. The van der Waals surface area contributed by atoms with Crippen LogP contribution in [0.4, 0.5) is 0 Å². The number of fused-ring (bicyclic) bond motifs is 1. The molecule has 0 radical (unpaired) electrons. The average Bonchev–Trinajstić information content (AvgIpc) is 2.62. The molecule has 15 heavy (non-hydrogen) atoms. The van der Waals surface area contributed by atoms with Crippen LogP contribution < -0.4 is 10.9 Å². The molecule has 0 atom stereocenters. The van der Waals surface area contributed by atoms with E-state index >= 15 is 0 Å². The van der Waals surface area contributed by atoms with Crippen LogP contribution in [0.3, 0.4) is 0 Å². The minimum Gasteiger partial charge on any atom is -0.423 e. The van der Waals surface area contributed by atoms with Gasteiger partial charge in [0.05, 0.1) is 4.70 Å². The van der Waals surface area contributed by atoms with E-state index in [2.05, 4.69) is 9.59 Å². The van der Waals surface area contributed by atoms with E-state index in [1.807, 2.05) is 0 Å². The monoisotopic (exact) mass is 224 g/mol. The predicted molar refractivity (Wildman–Crippen MR) is 57.1 cm³/mol. The molecular weight excluding hydrogens is 218 g/mol. The third kappa shape index (κ3) is 1.75. The van der Waals surface area contributed by atoms with Crippen LogP contribution in [-0.2, 0) is 0 Å². The van der Waals surface area contributed by atoms with Crippen molar-refractivity contribution in [1.82, 2.24) is 9.59 Å². The number of aromatic nitrogens is 2. The van der Waals surface area contributed by atoms with Crippen LogP contribution in [0.5, 0.6) is 0 Å². The summed E-state index contributed by atoms with van der Waals surface area (Å²) >= 11 is 1.09. The lowest BCUT2D eigenvalue weighted by Gasteiger charge is -2.07. The largest absolute Gasteiger partial charge is 0.490 e. The van der Waals surface area contributed by atoms with Gasteiger partial charge in [0.2, 0.25) is 0 Å². The van der Waals surface area contributed by atoms with Crippen molar-refractivity contribution in [3.8, 4) is 0 Å². The fourth-order valence-electron chi connectivity index (χ4n) is 1.38. The van der Waals surface area contributed by atoms with Crippen LogP contribution >= 0.6 is 11.5 Å². The molecular formula is C6H6B2N2O4S. The minimum absolute atomic E-state index is 0.0174. The van der Waals surface area contributed by atoms with Gasteiger partial charge in [0.15, 0.2) is 0 Å². The van der Waals surface area contributed by atoms with Crippen molar-refractivity contribution < 1.29 is 20.1 Å². The standard InChI is InChI=1S/C6H6B2N2O4S/c11-7(12)3-1-2-4-6(9-10-15-4)5(3)8(13)14/h1-2,11-14H. The molecule has 2 aromatic rings. The molecule has 1 heterocycles. The Morgan fingerprint density at radius 1 is 1.07 bits per heavy atom. The molecule has 9 heteroatoms. The summed E-state index contributed by atoms with van der Waals surface area (Å²) in [4.78, 5) is 0. The molecule has 0 fully saturated rings. The van der Waals surface area contributed by atoms with Crippen molar-refractivity contribution in [2.75, 3.05) is 0 Å². The van der Waals surface area contributed by atoms with E-state index in [9.17, 15) is 0 Å². The van der Waals surface area contributed by atoms with Gasteiger partial charge in [-0.2, -0.15) is 0 Å². The maximum atomic E-state index is 9.14. The first-order valence-electron chi connectivity index (χ1n) is 4.08. The maximum Gasteiger partial charge on any atom is 0.490 e. The van der Waals surface area contributed by atoms with Gasteiger partial charge >= 0.3 is 14.2 Å². The zero-order valence-electron chi connectivity index (χ0n) is 7.40. The van der Waals surface area contributed by atoms with Crippen molar-refractivity contribution in [1.29, 1.82) is 0 Å². The number of hydrogen-bond donors (Lipinski definition) is 4. The summed E-state index contributed by atoms with van der Waals surface area (Å²) in [6.07, 6.45) is 0. The molecule has 0 aliphatic heterocycles. The van der Waals surface area contributed by atoms with Crippen molar-refractivity contribution in [3.63, 3.8) is 0 Å². The van der Waals surface area contributed by atoms with Gasteiger partial charge in [0.1, 0.15) is 5.52 Å². The van der Waals surface area contributed by atoms with Crippen LogP contribution in [0.25, 0.3) is 10.2 Å². The quantitative estimate of drug-likeness (QED) is 0.406. The molecule has 1 aromatic heterocycles. The molecule has 0 saturated heterocycles. The zero-order valence-corrected chi connectivity index (χ0v) is 8.22. The maximum absolute atomic E-state index is 9.14. The summed E-state index contributed by atoms with van der Waals surface area (Å²) in [7, 11) is -3.58. The zero-order chi connectivity index (χ0) is 11.0. The van der Waals surface area contributed by atoms with Crippen molar-refractivity contribution in [2.24, 2.45) is 0 Å². The molecule has 0 bridgehead atoms. The molecule has 1 aromatic carbocycles. The molecule has 6 nitrogen and oxygen atoms in total. The highest BCUT2D eigenvalue weighted by molar-refractivity contribution is 7.13.